The van der Waals surface area contributed by atoms with E-state index < -0.39 is 18.4 Å². The van der Waals surface area contributed by atoms with Gasteiger partial charge in [0.25, 0.3) is 5.60 Å². The summed E-state index contributed by atoms with van der Waals surface area (Å²) in [6.07, 6.45) is 0.608. The Balaban J connectivity index is 2.00. The molecular weight excluding hydrogens is 295 g/mol. The van der Waals surface area contributed by atoms with Crippen LogP contribution in [0.25, 0.3) is 6.08 Å². The minimum absolute atomic E-state index is 0.0552. The lowest BCUT2D eigenvalue weighted by atomic mass is 10.0. The van der Waals surface area contributed by atoms with E-state index in [1.165, 1.54) is 0 Å². The normalized spacial score (nSPS) is 21.3. The van der Waals surface area contributed by atoms with Crippen LogP contribution in [0.5, 0.6) is 0 Å². The van der Waals surface area contributed by atoms with Crippen LogP contribution in [-0.2, 0) is 9.47 Å². The number of rotatable bonds is 2. The van der Waals surface area contributed by atoms with Gasteiger partial charge >= 0.3 is 6.16 Å². The Bertz CT molecular complexity index is 788. The highest BCUT2D eigenvalue weighted by molar-refractivity contribution is 5.72. The van der Waals surface area contributed by atoms with Gasteiger partial charge in [-0.15, -0.1) is 0 Å². The molecule has 4 heteroatoms. The van der Waals surface area contributed by atoms with Gasteiger partial charge in [-0.1, -0.05) is 54.5 Å². The molecule has 1 saturated heterocycles. The Morgan fingerprint density at radius 2 is 1.70 bits per heavy atom. The van der Waals surface area contributed by atoms with Crippen LogP contribution in [-0.4, -0.2) is 18.4 Å². The van der Waals surface area contributed by atoms with E-state index in [1.54, 1.807) is 18.2 Å². The van der Waals surface area contributed by atoms with Crippen molar-refractivity contribution in [1.29, 1.82) is 0 Å². The van der Waals surface area contributed by atoms with Crippen molar-refractivity contribution < 1.29 is 18.7 Å². The highest BCUT2D eigenvalue weighted by atomic mass is 19.1. The lowest BCUT2D eigenvalue weighted by molar-refractivity contribution is 0.0823. The summed E-state index contributed by atoms with van der Waals surface area (Å²) < 4.78 is 23.7. The van der Waals surface area contributed by atoms with Gasteiger partial charge < -0.3 is 9.47 Å². The Morgan fingerprint density at radius 3 is 2.35 bits per heavy atom. The Labute approximate surface area is 133 Å². The fourth-order valence-electron chi connectivity index (χ4n) is 2.14. The fraction of sp³-hybridized carbons (Fsp3) is 0.105. The van der Waals surface area contributed by atoms with Crippen molar-refractivity contribution in [2.45, 2.75) is 5.60 Å². The van der Waals surface area contributed by atoms with E-state index in [9.17, 15) is 9.18 Å². The molecule has 0 amide bonds. The fourth-order valence-corrected chi connectivity index (χ4v) is 2.14. The molecule has 0 aromatic heterocycles. The molecular formula is C19H13FO3. The third-order valence-corrected chi connectivity index (χ3v) is 3.32. The first kappa shape index (κ1) is 14.9. The number of carbonyl (C=O) groups excluding carboxylic acids is 1. The van der Waals surface area contributed by atoms with Crippen LogP contribution in [0.15, 0.2) is 66.4 Å². The van der Waals surface area contributed by atoms with Crippen LogP contribution in [0.3, 0.4) is 0 Å². The minimum atomic E-state index is -1.71. The predicted octanol–water partition coefficient (Wildman–Crippen LogP) is 3.95. The van der Waals surface area contributed by atoms with E-state index in [4.69, 9.17) is 9.47 Å². The van der Waals surface area contributed by atoms with Crippen molar-refractivity contribution in [2.24, 2.45) is 0 Å². The summed E-state index contributed by atoms with van der Waals surface area (Å²) in [6, 6.07) is 18.2. The molecule has 0 unspecified atom stereocenters. The second-order valence-corrected chi connectivity index (χ2v) is 4.95. The maximum absolute atomic E-state index is 13.7. The van der Waals surface area contributed by atoms with Gasteiger partial charge in [-0.25, -0.2) is 9.18 Å². The van der Waals surface area contributed by atoms with E-state index in [0.29, 0.717) is 5.56 Å². The maximum Gasteiger partial charge on any atom is 0.515 e. The molecule has 1 atom stereocenters. The molecule has 0 N–H and O–H groups in total. The van der Waals surface area contributed by atoms with Gasteiger partial charge in [0.2, 0.25) is 0 Å². The molecule has 0 bridgehead atoms. The van der Waals surface area contributed by atoms with Crippen LogP contribution >= 0.6 is 0 Å². The van der Waals surface area contributed by atoms with Crippen LogP contribution in [0, 0.1) is 11.8 Å². The number of halogens is 1. The third kappa shape index (κ3) is 3.24. The minimum Gasteiger partial charge on any atom is -0.403 e. The summed E-state index contributed by atoms with van der Waals surface area (Å²) in [5, 5.41) is 0. The molecule has 23 heavy (non-hydrogen) atoms. The van der Waals surface area contributed by atoms with Crippen molar-refractivity contribution >= 4 is 12.2 Å². The summed E-state index contributed by atoms with van der Waals surface area (Å²) in [7, 11) is 0. The summed E-state index contributed by atoms with van der Waals surface area (Å²) in [5.74, 6) is 5.58. The molecule has 3 nitrogen and oxygen atoms in total. The molecule has 2 aromatic rings. The molecule has 0 saturated carbocycles. The monoisotopic (exact) mass is 308 g/mol. The molecule has 3 rings (SSSR count). The topological polar surface area (TPSA) is 35.5 Å². The van der Waals surface area contributed by atoms with Gasteiger partial charge in [-0.2, -0.15) is 0 Å². The number of ether oxygens (including phenoxy) is 2. The van der Waals surface area contributed by atoms with Gasteiger partial charge in [0.1, 0.15) is 6.67 Å². The van der Waals surface area contributed by atoms with E-state index in [0.717, 1.165) is 5.56 Å². The third-order valence-electron chi connectivity index (χ3n) is 3.32. The predicted molar refractivity (Wildman–Crippen MR) is 84.0 cm³/mol. The quantitative estimate of drug-likeness (QED) is 0.622. The second kappa shape index (κ2) is 6.37. The summed E-state index contributed by atoms with van der Waals surface area (Å²) >= 11 is 0. The van der Waals surface area contributed by atoms with E-state index in [1.807, 2.05) is 48.5 Å². The lowest BCUT2D eigenvalue weighted by Crippen LogP contribution is -2.31. The van der Waals surface area contributed by atoms with E-state index >= 15 is 0 Å². The largest absolute Gasteiger partial charge is 0.515 e. The molecule has 1 aliphatic rings. The Hall–Kier alpha value is -3.06. The van der Waals surface area contributed by atoms with E-state index in [-0.39, 0.29) is 5.76 Å². The molecule has 0 aliphatic carbocycles. The second-order valence-electron chi connectivity index (χ2n) is 4.95. The standard InChI is InChI=1S/C19H13FO3/c20-14-19(12-11-15-7-3-1-4-8-15)17(22-18(21)23-19)13-16-9-5-2-6-10-16/h1-10,13H,14H2/b17-13-/t19-/m1/s1. The number of cyclic esters (lactones) is 2. The summed E-state index contributed by atoms with van der Waals surface area (Å²) in [6.45, 7) is -0.989. The van der Waals surface area contributed by atoms with Gasteiger partial charge in [-0.05, 0) is 29.7 Å². The first-order valence-electron chi connectivity index (χ1n) is 7.04. The molecule has 1 aliphatic heterocycles. The van der Waals surface area contributed by atoms with Gasteiger partial charge in [-0.3, -0.25) is 0 Å². The van der Waals surface area contributed by atoms with Crippen molar-refractivity contribution in [3.8, 4) is 11.8 Å². The van der Waals surface area contributed by atoms with Crippen molar-refractivity contribution in [3.63, 3.8) is 0 Å². The zero-order valence-electron chi connectivity index (χ0n) is 12.2. The highest BCUT2D eigenvalue weighted by Crippen LogP contribution is 2.32. The number of alkyl halides is 1. The number of benzene rings is 2. The average Bonchev–Trinajstić information content (AvgIpc) is 2.91. The molecule has 2 aromatic carbocycles. The van der Waals surface area contributed by atoms with Crippen LogP contribution in [0.4, 0.5) is 9.18 Å². The maximum atomic E-state index is 13.7. The Morgan fingerprint density at radius 1 is 1.04 bits per heavy atom. The smallest absolute Gasteiger partial charge is 0.403 e. The van der Waals surface area contributed by atoms with Crippen LogP contribution in [0.2, 0.25) is 0 Å². The Kier molecular flexibility index (Phi) is 4.11. The van der Waals surface area contributed by atoms with Crippen LogP contribution < -0.4 is 0 Å². The molecule has 0 radical (unpaired) electrons. The molecule has 0 spiro atoms. The number of hydrogen-bond acceptors (Lipinski definition) is 3. The van der Waals surface area contributed by atoms with Crippen molar-refractivity contribution in [2.75, 3.05) is 6.67 Å². The first-order valence-corrected chi connectivity index (χ1v) is 7.04. The summed E-state index contributed by atoms with van der Waals surface area (Å²) in [5.41, 5.74) is -0.245. The van der Waals surface area contributed by atoms with Crippen molar-refractivity contribution in [3.05, 3.63) is 77.5 Å². The van der Waals surface area contributed by atoms with E-state index in [2.05, 4.69) is 11.8 Å². The number of carbonyl (C=O) groups is 1. The van der Waals surface area contributed by atoms with Crippen molar-refractivity contribution in [1.82, 2.24) is 0 Å². The van der Waals surface area contributed by atoms with Crippen LogP contribution in [0.1, 0.15) is 11.1 Å². The van der Waals surface area contributed by atoms with Gasteiger partial charge in [0.15, 0.2) is 5.76 Å². The SMILES string of the molecule is O=C1O/C(=C\c2ccccc2)[C@@](C#Cc2ccccc2)(CF)O1. The van der Waals surface area contributed by atoms with Gasteiger partial charge in [0.05, 0.1) is 0 Å². The highest BCUT2D eigenvalue weighted by Gasteiger charge is 2.47. The lowest BCUT2D eigenvalue weighted by Gasteiger charge is -2.15. The molecule has 114 valence electrons. The van der Waals surface area contributed by atoms with Gasteiger partial charge in [0, 0.05) is 5.56 Å². The average molecular weight is 308 g/mol. The summed E-state index contributed by atoms with van der Waals surface area (Å²) in [4.78, 5) is 11.5. The molecule has 1 fully saturated rings. The molecule has 1 heterocycles. The first-order chi connectivity index (χ1) is 11.2. The number of hydrogen-bond donors (Lipinski definition) is 0. The zero-order valence-corrected chi connectivity index (χ0v) is 12.2. The zero-order chi connectivity index (χ0) is 16.1.